The minimum atomic E-state index is -0.363. The van der Waals surface area contributed by atoms with E-state index in [-0.39, 0.29) is 11.6 Å². The molecule has 0 fully saturated rings. The maximum atomic E-state index is 12.7. The van der Waals surface area contributed by atoms with Crippen LogP contribution in [0.2, 0.25) is 5.02 Å². The van der Waals surface area contributed by atoms with Gasteiger partial charge in [-0.3, -0.25) is 4.79 Å². The van der Waals surface area contributed by atoms with E-state index in [1.54, 1.807) is 31.2 Å². The summed E-state index contributed by atoms with van der Waals surface area (Å²) in [6, 6.07) is 16.7. The summed E-state index contributed by atoms with van der Waals surface area (Å²) in [5.74, 6) is 0.180. The molecule has 1 N–H and O–H groups in total. The number of anilines is 1. The number of thiazole rings is 1. The van der Waals surface area contributed by atoms with Crippen LogP contribution in [-0.4, -0.2) is 16.0 Å². The Labute approximate surface area is 164 Å². The van der Waals surface area contributed by atoms with Crippen molar-refractivity contribution >= 4 is 34.5 Å². The lowest BCUT2D eigenvalue weighted by molar-refractivity contribution is 0.101. The first-order valence-corrected chi connectivity index (χ1v) is 9.42. The van der Waals surface area contributed by atoms with Crippen molar-refractivity contribution in [3.05, 3.63) is 76.5 Å². The van der Waals surface area contributed by atoms with Crippen LogP contribution in [0.3, 0.4) is 0 Å². The van der Waals surface area contributed by atoms with Gasteiger partial charge < -0.3 is 9.84 Å². The molecule has 0 unspecified atom stereocenters. The largest absolute Gasteiger partial charge is 0.360 e. The number of nitrogens with one attached hydrogen (secondary N) is 1. The van der Waals surface area contributed by atoms with Gasteiger partial charge in [-0.2, -0.15) is 0 Å². The van der Waals surface area contributed by atoms with E-state index in [1.807, 2.05) is 35.7 Å². The molecule has 4 rings (SSSR count). The molecule has 0 bridgehead atoms. The Bertz CT molecular complexity index is 1090. The molecule has 0 aliphatic rings. The highest BCUT2D eigenvalue weighted by atomic mass is 35.5. The molecular formula is C20H14ClN3O2S. The van der Waals surface area contributed by atoms with Gasteiger partial charge in [0, 0.05) is 21.7 Å². The fraction of sp³-hybridized carbons (Fsp3) is 0.0500. The van der Waals surface area contributed by atoms with Gasteiger partial charge >= 0.3 is 0 Å². The number of halogens is 1. The molecule has 134 valence electrons. The number of benzene rings is 2. The molecular weight excluding hydrogens is 382 g/mol. The van der Waals surface area contributed by atoms with Crippen molar-refractivity contribution in [1.82, 2.24) is 10.1 Å². The number of nitrogens with zero attached hydrogens (tertiary/aromatic N) is 2. The quantitative estimate of drug-likeness (QED) is 0.482. The average molecular weight is 396 g/mol. The topological polar surface area (TPSA) is 68.0 Å². The molecule has 0 spiro atoms. The van der Waals surface area contributed by atoms with E-state index in [2.05, 4.69) is 15.5 Å². The standard InChI is InChI=1S/C20H14ClN3O2S/c1-12-17(16-11-27-20(23-16)13-5-3-2-4-6-13)18(24-26-12)19(25)22-15-9-7-14(21)8-10-15/h2-11H,1H3,(H,22,25). The van der Waals surface area contributed by atoms with Gasteiger partial charge in [0.25, 0.3) is 5.91 Å². The van der Waals surface area contributed by atoms with Crippen LogP contribution in [0, 0.1) is 6.92 Å². The molecule has 2 aromatic carbocycles. The van der Waals surface area contributed by atoms with Gasteiger partial charge in [-0.25, -0.2) is 4.98 Å². The summed E-state index contributed by atoms with van der Waals surface area (Å²) in [5.41, 5.74) is 3.11. The fourth-order valence-corrected chi connectivity index (χ4v) is 3.60. The molecule has 7 heteroatoms. The highest BCUT2D eigenvalue weighted by Gasteiger charge is 2.23. The Hall–Kier alpha value is -2.96. The molecule has 5 nitrogen and oxygen atoms in total. The second-order valence-corrected chi connectivity index (χ2v) is 7.12. The second kappa shape index (κ2) is 7.34. The molecule has 2 heterocycles. The first-order chi connectivity index (χ1) is 13.1. The number of aryl methyl sites for hydroxylation is 1. The van der Waals surface area contributed by atoms with Crippen LogP contribution < -0.4 is 5.32 Å². The van der Waals surface area contributed by atoms with Crippen molar-refractivity contribution in [1.29, 1.82) is 0 Å². The molecule has 27 heavy (non-hydrogen) atoms. The lowest BCUT2D eigenvalue weighted by atomic mass is 10.1. The monoisotopic (exact) mass is 395 g/mol. The van der Waals surface area contributed by atoms with Crippen molar-refractivity contribution in [3.63, 3.8) is 0 Å². The fourth-order valence-electron chi connectivity index (χ4n) is 2.65. The molecule has 2 aromatic heterocycles. The normalized spacial score (nSPS) is 10.7. The number of amides is 1. The van der Waals surface area contributed by atoms with Crippen molar-refractivity contribution in [2.45, 2.75) is 6.92 Å². The predicted molar refractivity (Wildman–Crippen MR) is 107 cm³/mol. The van der Waals surface area contributed by atoms with Crippen LogP contribution in [-0.2, 0) is 0 Å². The van der Waals surface area contributed by atoms with Crippen LogP contribution in [0.15, 0.2) is 64.5 Å². The third kappa shape index (κ3) is 3.63. The number of carbonyl (C=O) groups is 1. The second-order valence-electron chi connectivity index (χ2n) is 5.83. The summed E-state index contributed by atoms with van der Waals surface area (Å²) < 4.78 is 5.28. The first-order valence-electron chi connectivity index (χ1n) is 8.16. The zero-order chi connectivity index (χ0) is 18.8. The summed E-state index contributed by atoms with van der Waals surface area (Å²) in [5, 5.41) is 10.1. The Morgan fingerprint density at radius 1 is 1.11 bits per heavy atom. The van der Waals surface area contributed by atoms with Crippen LogP contribution in [0.25, 0.3) is 21.8 Å². The van der Waals surface area contributed by atoms with Gasteiger partial charge in [0.2, 0.25) is 0 Å². The van der Waals surface area contributed by atoms with E-state index in [4.69, 9.17) is 16.1 Å². The van der Waals surface area contributed by atoms with Gasteiger partial charge in [0.05, 0.1) is 11.3 Å². The Kier molecular flexibility index (Phi) is 4.75. The van der Waals surface area contributed by atoms with E-state index in [0.717, 1.165) is 10.6 Å². The smallest absolute Gasteiger partial charge is 0.278 e. The summed E-state index contributed by atoms with van der Waals surface area (Å²) in [7, 11) is 0. The highest BCUT2D eigenvalue weighted by molar-refractivity contribution is 7.13. The third-order valence-corrected chi connectivity index (χ3v) is 5.10. The summed E-state index contributed by atoms with van der Waals surface area (Å²) in [6.07, 6.45) is 0. The van der Waals surface area contributed by atoms with Crippen molar-refractivity contribution in [2.24, 2.45) is 0 Å². The van der Waals surface area contributed by atoms with Crippen LogP contribution >= 0.6 is 22.9 Å². The lowest BCUT2D eigenvalue weighted by Gasteiger charge is -2.04. The summed E-state index contributed by atoms with van der Waals surface area (Å²) in [6.45, 7) is 1.77. The van der Waals surface area contributed by atoms with Gasteiger partial charge in [0.1, 0.15) is 10.8 Å². The molecule has 0 saturated heterocycles. The van der Waals surface area contributed by atoms with Crippen molar-refractivity contribution in [3.8, 4) is 21.8 Å². The zero-order valence-corrected chi connectivity index (χ0v) is 15.8. The van der Waals surface area contributed by atoms with Gasteiger partial charge in [-0.05, 0) is 31.2 Å². The number of hydrogen-bond donors (Lipinski definition) is 1. The van der Waals surface area contributed by atoms with Gasteiger partial charge in [-0.15, -0.1) is 11.3 Å². The number of hydrogen-bond acceptors (Lipinski definition) is 5. The summed E-state index contributed by atoms with van der Waals surface area (Å²) >= 11 is 7.39. The highest BCUT2D eigenvalue weighted by Crippen LogP contribution is 2.32. The van der Waals surface area contributed by atoms with Crippen LogP contribution in [0.5, 0.6) is 0 Å². The van der Waals surface area contributed by atoms with Gasteiger partial charge in [0.15, 0.2) is 5.69 Å². The third-order valence-electron chi connectivity index (χ3n) is 3.96. The molecule has 0 aliphatic carbocycles. The first kappa shape index (κ1) is 17.5. The lowest BCUT2D eigenvalue weighted by Crippen LogP contribution is -2.13. The Morgan fingerprint density at radius 2 is 1.85 bits per heavy atom. The average Bonchev–Trinajstić information content (AvgIpc) is 3.31. The van der Waals surface area contributed by atoms with Crippen molar-refractivity contribution in [2.75, 3.05) is 5.32 Å². The maximum absolute atomic E-state index is 12.7. The Morgan fingerprint density at radius 3 is 2.59 bits per heavy atom. The predicted octanol–water partition coefficient (Wildman–Crippen LogP) is 5.68. The van der Waals surface area contributed by atoms with E-state index < -0.39 is 0 Å². The molecule has 0 atom stereocenters. The van der Waals surface area contributed by atoms with E-state index in [0.29, 0.717) is 27.7 Å². The molecule has 0 saturated carbocycles. The Balaban J connectivity index is 1.65. The van der Waals surface area contributed by atoms with Crippen LogP contribution in [0.1, 0.15) is 16.2 Å². The van der Waals surface area contributed by atoms with E-state index >= 15 is 0 Å². The number of aromatic nitrogens is 2. The minimum absolute atomic E-state index is 0.201. The van der Waals surface area contributed by atoms with E-state index in [1.165, 1.54) is 11.3 Å². The van der Waals surface area contributed by atoms with Gasteiger partial charge in [-0.1, -0.05) is 47.1 Å². The zero-order valence-electron chi connectivity index (χ0n) is 14.3. The number of carbonyl (C=O) groups excluding carboxylic acids is 1. The van der Waals surface area contributed by atoms with E-state index in [9.17, 15) is 4.79 Å². The molecule has 1 amide bonds. The van der Waals surface area contributed by atoms with Crippen LogP contribution in [0.4, 0.5) is 5.69 Å². The molecule has 4 aromatic rings. The number of rotatable bonds is 4. The molecule has 0 aliphatic heterocycles. The SMILES string of the molecule is Cc1onc(C(=O)Nc2ccc(Cl)cc2)c1-c1csc(-c2ccccc2)n1. The summed E-state index contributed by atoms with van der Waals surface area (Å²) in [4.78, 5) is 17.4. The maximum Gasteiger partial charge on any atom is 0.278 e. The van der Waals surface area contributed by atoms with Crippen molar-refractivity contribution < 1.29 is 9.32 Å². The molecule has 0 radical (unpaired) electrons. The minimum Gasteiger partial charge on any atom is -0.360 e.